The highest BCUT2D eigenvalue weighted by molar-refractivity contribution is 5.95. The van der Waals surface area contributed by atoms with Gasteiger partial charge in [0.05, 0.1) is 5.92 Å². The Hall–Kier alpha value is -5.19. The highest BCUT2D eigenvalue weighted by Crippen LogP contribution is 2.22. The lowest BCUT2D eigenvalue weighted by atomic mass is 9.90. The lowest BCUT2D eigenvalue weighted by Gasteiger charge is -2.25. The summed E-state index contributed by atoms with van der Waals surface area (Å²) in [5.74, 6) is -2.31. The zero-order valence-electron chi connectivity index (χ0n) is 23.3. The van der Waals surface area contributed by atoms with Gasteiger partial charge >= 0.3 is 0 Å². The van der Waals surface area contributed by atoms with E-state index < -0.39 is 29.8 Å². The van der Waals surface area contributed by atoms with Crippen LogP contribution < -0.4 is 33.6 Å². The second-order valence-electron chi connectivity index (χ2n) is 9.94. The normalized spacial score (nSPS) is 12.8. The van der Waals surface area contributed by atoms with Crippen LogP contribution in [0.15, 0.2) is 89.9 Å². The van der Waals surface area contributed by atoms with Gasteiger partial charge in [-0.05, 0) is 36.0 Å². The molecule has 0 saturated carbocycles. The molecule has 0 fully saturated rings. The number of amidine groups is 1. The first-order valence-corrected chi connectivity index (χ1v) is 13.6. The van der Waals surface area contributed by atoms with Crippen molar-refractivity contribution in [1.82, 2.24) is 10.6 Å². The van der Waals surface area contributed by atoms with Gasteiger partial charge in [0.15, 0.2) is 5.96 Å². The molecule has 3 aromatic carbocycles. The number of nitrogens with zero attached hydrogens (tertiary/aromatic N) is 1. The molecule has 11 heteroatoms. The third-order valence-electron chi connectivity index (χ3n) is 6.74. The van der Waals surface area contributed by atoms with Crippen LogP contribution in [0.25, 0.3) is 0 Å². The summed E-state index contributed by atoms with van der Waals surface area (Å²) in [6.07, 6.45) is 1.20. The summed E-state index contributed by atoms with van der Waals surface area (Å²) in [5.41, 5.74) is 24.9. The Balaban J connectivity index is 1.84. The summed E-state index contributed by atoms with van der Waals surface area (Å²) in [6, 6.07) is 23.7. The van der Waals surface area contributed by atoms with E-state index in [1.54, 1.807) is 12.1 Å². The van der Waals surface area contributed by atoms with Crippen LogP contribution in [-0.4, -0.2) is 48.1 Å². The topological polar surface area (TPSA) is 216 Å². The molecule has 0 aliphatic carbocycles. The van der Waals surface area contributed by atoms with E-state index in [0.717, 1.165) is 16.7 Å². The molecule has 3 atom stereocenters. The Morgan fingerprint density at radius 2 is 1.29 bits per heavy atom. The van der Waals surface area contributed by atoms with E-state index in [-0.39, 0.29) is 37.1 Å². The molecule has 11 nitrogen and oxygen atoms in total. The molecule has 0 bridgehead atoms. The third-order valence-corrected chi connectivity index (χ3v) is 6.74. The van der Waals surface area contributed by atoms with Crippen LogP contribution in [0.5, 0.6) is 0 Å². The smallest absolute Gasteiger partial charge is 0.243 e. The molecule has 0 aromatic heterocycles. The molecule has 0 heterocycles. The highest BCUT2D eigenvalue weighted by atomic mass is 16.2. The van der Waals surface area contributed by atoms with Crippen LogP contribution in [-0.2, 0) is 27.2 Å². The molecule has 3 aromatic rings. The van der Waals surface area contributed by atoms with Crippen molar-refractivity contribution in [2.45, 2.75) is 43.7 Å². The maximum atomic E-state index is 13.8. The number of primary amides is 1. The van der Waals surface area contributed by atoms with Crippen LogP contribution in [0.3, 0.4) is 0 Å². The monoisotopic (exact) mass is 570 g/mol. The average molecular weight is 571 g/mol. The lowest BCUT2D eigenvalue weighted by molar-refractivity contribution is -0.131. The van der Waals surface area contributed by atoms with Crippen molar-refractivity contribution >= 4 is 29.5 Å². The maximum Gasteiger partial charge on any atom is 0.243 e. The first-order valence-electron chi connectivity index (χ1n) is 13.6. The van der Waals surface area contributed by atoms with Gasteiger partial charge in [0.2, 0.25) is 17.7 Å². The van der Waals surface area contributed by atoms with E-state index in [1.165, 1.54) is 0 Å². The quantitative estimate of drug-likeness (QED) is 0.0804. The van der Waals surface area contributed by atoms with Gasteiger partial charge in [-0.1, -0.05) is 84.9 Å². The molecule has 11 N–H and O–H groups in total. The number of nitrogens with one attached hydrogen (secondary N) is 3. The number of aliphatic imine (C=N–C) groups is 1. The zero-order valence-corrected chi connectivity index (χ0v) is 23.3. The zero-order chi connectivity index (χ0) is 30.5. The molecule has 3 rings (SSSR count). The summed E-state index contributed by atoms with van der Waals surface area (Å²) in [4.78, 5) is 43.4. The van der Waals surface area contributed by atoms with E-state index in [9.17, 15) is 14.4 Å². The summed E-state index contributed by atoms with van der Waals surface area (Å²) < 4.78 is 0. The predicted octanol–water partition coefficient (Wildman–Crippen LogP) is 1.05. The summed E-state index contributed by atoms with van der Waals surface area (Å²) in [5, 5.41) is 13.3. The summed E-state index contributed by atoms with van der Waals surface area (Å²) in [7, 11) is 0. The Labute approximate surface area is 245 Å². The standard InChI is InChI=1S/C31H38N8O3/c32-27(33)23-15-13-21(14-16-23)18-24(22-10-5-2-6-11-22)29(41)39-26(19-20-8-3-1-4-9-20)30(42)38-25(28(34)40)12-7-17-37-31(35)36/h1-6,8-11,13-16,24-26H,7,12,17-19H2,(H3,32,33)(H2,34,40)(H,38,42)(H,39,41)(H4,35,36,37)/t24-,25?,26-/m0/s1. The Morgan fingerprint density at radius 3 is 1.86 bits per heavy atom. The van der Waals surface area contributed by atoms with Crippen LogP contribution >= 0.6 is 0 Å². The molecule has 220 valence electrons. The van der Waals surface area contributed by atoms with Crippen LogP contribution in [0.4, 0.5) is 0 Å². The Morgan fingerprint density at radius 1 is 0.714 bits per heavy atom. The highest BCUT2D eigenvalue weighted by Gasteiger charge is 2.29. The second kappa shape index (κ2) is 15.6. The van der Waals surface area contributed by atoms with Gasteiger partial charge in [0.25, 0.3) is 0 Å². The third kappa shape index (κ3) is 9.77. The van der Waals surface area contributed by atoms with E-state index in [1.807, 2.05) is 72.8 Å². The van der Waals surface area contributed by atoms with Gasteiger partial charge in [0.1, 0.15) is 17.9 Å². The molecule has 42 heavy (non-hydrogen) atoms. The van der Waals surface area contributed by atoms with Gasteiger partial charge in [-0.3, -0.25) is 24.8 Å². The van der Waals surface area contributed by atoms with Crippen LogP contribution in [0, 0.1) is 5.41 Å². The molecule has 0 aliphatic rings. The van der Waals surface area contributed by atoms with E-state index in [4.69, 9.17) is 28.3 Å². The van der Waals surface area contributed by atoms with Crippen molar-refractivity contribution in [2.24, 2.45) is 27.9 Å². The number of carbonyl (C=O) groups is 3. The number of guanidine groups is 1. The fraction of sp³-hybridized carbons (Fsp3) is 0.258. The van der Waals surface area contributed by atoms with Gasteiger partial charge < -0.3 is 33.6 Å². The minimum absolute atomic E-state index is 0.0424. The van der Waals surface area contributed by atoms with E-state index in [2.05, 4.69) is 15.6 Å². The molecule has 0 radical (unpaired) electrons. The minimum Gasteiger partial charge on any atom is -0.384 e. The Kier molecular flexibility index (Phi) is 11.6. The number of rotatable bonds is 15. The van der Waals surface area contributed by atoms with Crippen molar-refractivity contribution < 1.29 is 14.4 Å². The number of hydrogen-bond donors (Lipinski definition) is 7. The first-order chi connectivity index (χ1) is 20.1. The second-order valence-corrected chi connectivity index (χ2v) is 9.94. The van der Waals surface area contributed by atoms with Crippen molar-refractivity contribution in [1.29, 1.82) is 5.41 Å². The molecule has 3 amide bonds. The number of benzene rings is 3. The SMILES string of the molecule is N=C(N)c1ccc(C[C@H](C(=O)N[C@@H](Cc2ccccc2)C(=O)NC(CCCN=C(N)N)C(N)=O)c2ccccc2)cc1. The van der Waals surface area contributed by atoms with Gasteiger partial charge in [-0.15, -0.1) is 0 Å². The number of amides is 3. The summed E-state index contributed by atoms with van der Waals surface area (Å²) >= 11 is 0. The molecular weight excluding hydrogens is 532 g/mol. The Bertz CT molecular complexity index is 1370. The van der Waals surface area contributed by atoms with Crippen LogP contribution in [0.1, 0.15) is 41.0 Å². The number of carbonyl (C=O) groups excluding carboxylic acids is 3. The fourth-order valence-electron chi connectivity index (χ4n) is 4.50. The maximum absolute atomic E-state index is 13.8. The lowest BCUT2D eigenvalue weighted by Crippen LogP contribution is -2.54. The molecule has 0 aliphatic heterocycles. The van der Waals surface area contributed by atoms with Gasteiger partial charge in [-0.25, -0.2) is 0 Å². The van der Waals surface area contributed by atoms with Crippen molar-refractivity contribution in [3.05, 3.63) is 107 Å². The van der Waals surface area contributed by atoms with Gasteiger partial charge in [0, 0.05) is 18.5 Å². The van der Waals surface area contributed by atoms with Crippen molar-refractivity contribution in [3.8, 4) is 0 Å². The van der Waals surface area contributed by atoms with Crippen molar-refractivity contribution in [2.75, 3.05) is 6.54 Å². The molecule has 1 unspecified atom stereocenters. The molecule has 0 saturated heterocycles. The van der Waals surface area contributed by atoms with E-state index in [0.29, 0.717) is 18.4 Å². The summed E-state index contributed by atoms with van der Waals surface area (Å²) in [6.45, 7) is 0.276. The van der Waals surface area contributed by atoms with Gasteiger partial charge in [-0.2, -0.15) is 0 Å². The first kappa shape index (κ1) is 31.3. The predicted molar refractivity (Wildman–Crippen MR) is 163 cm³/mol. The number of nitrogens with two attached hydrogens (primary N) is 4. The average Bonchev–Trinajstić information content (AvgIpc) is 2.97. The molecular formula is C31H38N8O3. The fourth-order valence-corrected chi connectivity index (χ4v) is 4.50. The van der Waals surface area contributed by atoms with E-state index >= 15 is 0 Å². The minimum atomic E-state index is -0.981. The van der Waals surface area contributed by atoms with Crippen molar-refractivity contribution in [3.63, 3.8) is 0 Å². The molecule has 0 spiro atoms. The largest absolute Gasteiger partial charge is 0.384 e. The van der Waals surface area contributed by atoms with Crippen LogP contribution in [0.2, 0.25) is 0 Å². The number of nitrogen functional groups attached to an aromatic ring is 1. The number of hydrogen-bond acceptors (Lipinski definition) is 5.